The van der Waals surface area contributed by atoms with Crippen LogP contribution >= 0.6 is 23.2 Å². The van der Waals surface area contributed by atoms with Crippen LogP contribution in [0, 0.1) is 25.2 Å². The van der Waals surface area contributed by atoms with Gasteiger partial charge in [0.15, 0.2) is 11.5 Å². The van der Waals surface area contributed by atoms with Gasteiger partial charge in [-0.1, -0.05) is 41.4 Å². The van der Waals surface area contributed by atoms with Crippen molar-refractivity contribution in [2.24, 2.45) is 0 Å². The summed E-state index contributed by atoms with van der Waals surface area (Å²) in [7, 11) is 0. The highest BCUT2D eigenvalue weighted by Gasteiger charge is 2.15. The van der Waals surface area contributed by atoms with E-state index in [1.54, 1.807) is 30.3 Å². The van der Waals surface area contributed by atoms with E-state index in [0.717, 1.165) is 16.7 Å². The summed E-state index contributed by atoms with van der Waals surface area (Å²) >= 11 is 12.5. The normalized spacial score (nSPS) is 11.0. The van der Waals surface area contributed by atoms with Crippen LogP contribution in [0.3, 0.4) is 0 Å². The summed E-state index contributed by atoms with van der Waals surface area (Å²) < 4.78 is 11.6. The van der Waals surface area contributed by atoms with E-state index in [1.807, 2.05) is 51.1 Å². The molecular weight excluding hydrogens is 471 g/mol. The average Bonchev–Trinajstić information content (AvgIpc) is 2.79. The molecule has 0 atom stereocenters. The third-order valence-corrected chi connectivity index (χ3v) is 5.56. The zero-order chi connectivity index (χ0) is 24.7. The van der Waals surface area contributed by atoms with E-state index in [1.165, 1.54) is 6.08 Å². The maximum Gasteiger partial charge on any atom is 0.266 e. The molecule has 7 heteroatoms. The number of nitrogens with zero attached hydrogens (tertiary/aromatic N) is 1. The van der Waals surface area contributed by atoms with E-state index in [2.05, 4.69) is 5.32 Å². The molecule has 0 unspecified atom stereocenters. The van der Waals surface area contributed by atoms with Crippen LogP contribution in [-0.4, -0.2) is 12.5 Å². The molecule has 0 fully saturated rings. The zero-order valence-corrected chi connectivity index (χ0v) is 20.6. The lowest BCUT2D eigenvalue weighted by molar-refractivity contribution is -0.112. The predicted molar refractivity (Wildman–Crippen MR) is 137 cm³/mol. The minimum atomic E-state index is -0.513. The molecule has 5 nitrogen and oxygen atoms in total. The molecule has 3 rings (SSSR count). The molecule has 0 aliphatic heterocycles. The van der Waals surface area contributed by atoms with Crippen LogP contribution in [-0.2, 0) is 11.4 Å². The fourth-order valence-electron chi connectivity index (χ4n) is 3.19. The number of nitrogens with one attached hydrogen (secondary N) is 1. The molecular formula is C27H24Cl2N2O3. The summed E-state index contributed by atoms with van der Waals surface area (Å²) in [6.07, 6.45) is 1.46. The number of nitriles is 1. The Morgan fingerprint density at radius 3 is 2.53 bits per heavy atom. The molecule has 0 radical (unpaired) electrons. The van der Waals surface area contributed by atoms with E-state index in [0.29, 0.717) is 39.4 Å². The van der Waals surface area contributed by atoms with Gasteiger partial charge in [0.25, 0.3) is 5.91 Å². The lowest BCUT2D eigenvalue weighted by atomic mass is 10.1. The third-order valence-electron chi connectivity index (χ3n) is 5.04. The van der Waals surface area contributed by atoms with Crippen molar-refractivity contribution in [1.82, 2.24) is 0 Å². The van der Waals surface area contributed by atoms with Gasteiger partial charge in [-0.15, -0.1) is 0 Å². The van der Waals surface area contributed by atoms with E-state index in [9.17, 15) is 10.1 Å². The SMILES string of the molecule is CCOc1cc(/C=C(\C#N)C(=O)Nc2ccc(C)c(C)c2)cc(Cl)c1OCc1cccc(Cl)c1. The van der Waals surface area contributed by atoms with Crippen LogP contribution in [0.25, 0.3) is 6.08 Å². The molecule has 3 aromatic carbocycles. The highest BCUT2D eigenvalue weighted by Crippen LogP contribution is 2.38. The number of ether oxygens (including phenoxy) is 2. The number of aryl methyl sites for hydroxylation is 2. The van der Waals surface area contributed by atoms with Crippen molar-refractivity contribution in [2.45, 2.75) is 27.4 Å². The predicted octanol–water partition coefficient (Wildman–Crippen LogP) is 7.13. The van der Waals surface area contributed by atoms with Gasteiger partial charge in [-0.3, -0.25) is 4.79 Å². The number of carbonyl (C=O) groups is 1. The molecule has 0 bridgehead atoms. The average molecular weight is 495 g/mol. The third kappa shape index (κ3) is 6.54. The van der Waals surface area contributed by atoms with Gasteiger partial charge in [0.2, 0.25) is 0 Å². The number of hydrogen-bond donors (Lipinski definition) is 1. The summed E-state index contributed by atoms with van der Waals surface area (Å²) in [5.74, 6) is 0.273. The standard InChI is InChI=1S/C27H24Cl2N2O3/c1-4-33-25-14-20(13-24(29)26(25)34-16-19-6-5-7-22(28)12-19)11-21(15-30)27(32)31-23-9-8-17(2)18(3)10-23/h5-14H,4,16H2,1-3H3,(H,31,32)/b21-11+. The molecule has 1 amide bonds. The molecule has 34 heavy (non-hydrogen) atoms. The lowest BCUT2D eigenvalue weighted by Gasteiger charge is -2.15. The Morgan fingerprint density at radius 1 is 1.06 bits per heavy atom. The van der Waals surface area contributed by atoms with Gasteiger partial charge in [0, 0.05) is 10.7 Å². The second-order valence-corrected chi connectivity index (χ2v) is 8.45. The van der Waals surface area contributed by atoms with Crippen LogP contribution < -0.4 is 14.8 Å². The van der Waals surface area contributed by atoms with Gasteiger partial charge in [-0.25, -0.2) is 0 Å². The van der Waals surface area contributed by atoms with Crippen LogP contribution in [0.2, 0.25) is 10.0 Å². The van der Waals surface area contributed by atoms with Gasteiger partial charge in [0.05, 0.1) is 11.6 Å². The van der Waals surface area contributed by atoms with Gasteiger partial charge in [0.1, 0.15) is 18.2 Å². The minimum absolute atomic E-state index is 0.0654. The van der Waals surface area contributed by atoms with Crippen LogP contribution in [0.4, 0.5) is 5.69 Å². The number of amides is 1. The number of carbonyl (C=O) groups excluding carboxylic acids is 1. The van der Waals surface area contributed by atoms with Crippen LogP contribution in [0.5, 0.6) is 11.5 Å². The topological polar surface area (TPSA) is 71.3 Å². The van der Waals surface area contributed by atoms with Gasteiger partial charge >= 0.3 is 0 Å². The summed E-state index contributed by atoms with van der Waals surface area (Å²) in [6.45, 7) is 6.42. The molecule has 0 saturated heterocycles. The first-order chi connectivity index (χ1) is 16.3. The monoisotopic (exact) mass is 494 g/mol. The Balaban J connectivity index is 1.85. The maximum absolute atomic E-state index is 12.7. The van der Waals surface area contributed by atoms with Crippen molar-refractivity contribution in [3.8, 4) is 17.6 Å². The molecule has 0 aromatic heterocycles. The van der Waals surface area contributed by atoms with Crippen molar-refractivity contribution >= 4 is 40.9 Å². The van der Waals surface area contributed by atoms with Crippen LogP contribution in [0.1, 0.15) is 29.2 Å². The molecule has 0 heterocycles. The summed E-state index contributed by atoms with van der Waals surface area (Å²) in [6, 6.07) is 18.2. The number of rotatable bonds is 8. The molecule has 0 saturated carbocycles. The quantitative estimate of drug-likeness (QED) is 0.267. The van der Waals surface area contributed by atoms with Crippen molar-refractivity contribution in [3.63, 3.8) is 0 Å². The van der Waals surface area contributed by atoms with Crippen molar-refractivity contribution < 1.29 is 14.3 Å². The first-order valence-electron chi connectivity index (χ1n) is 10.6. The Morgan fingerprint density at radius 2 is 1.85 bits per heavy atom. The first kappa shape index (κ1) is 25.2. The molecule has 0 aliphatic carbocycles. The molecule has 1 N–H and O–H groups in total. The van der Waals surface area contributed by atoms with E-state index in [-0.39, 0.29) is 12.2 Å². The Labute approximate surface area is 209 Å². The van der Waals surface area contributed by atoms with Crippen LogP contribution in [0.15, 0.2) is 60.2 Å². The fourth-order valence-corrected chi connectivity index (χ4v) is 3.68. The van der Waals surface area contributed by atoms with E-state index >= 15 is 0 Å². The summed E-state index contributed by atoms with van der Waals surface area (Å²) in [5, 5.41) is 13.3. The smallest absolute Gasteiger partial charge is 0.266 e. The maximum atomic E-state index is 12.7. The van der Waals surface area contributed by atoms with E-state index < -0.39 is 5.91 Å². The largest absolute Gasteiger partial charge is 0.490 e. The summed E-state index contributed by atoms with van der Waals surface area (Å²) in [5.41, 5.74) is 4.13. The Bertz CT molecular complexity index is 1280. The van der Waals surface area contributed by atoms with Gasteiger partial charge < -0.3 is 14.8 Å². The van der Waals surface area contributed by atoms with Gasteiger partial charge in [-0.2, -0.15) is 5.26 Å². The van der Waals surface area contributed by atoms with Crippen molar-refractivity contribution in [2.75, 3.05) is 11.9 Å². The minimum Gasteiger partial charge on any atom is -0.490 e. The molecule has 3 aromatic rings. The highest BCUT2D eigenvalue weighted by molar-refractivity contribution is 6.32. The Hall–Kier alpha value is -3.46. The molecule has 174 valence electrons. The van der Waals surface area contributed by atoms with Crippen molar-refractivity contribution in [3.05, 3.63) is 92.5 Å². The number of hydrogen-bond acceptors (Lipinski definition) is 4. The Kier molecular flexibility index (Phi) is 8.59. The second kappa shape index (κ2) is 11.6. The lowest BCUT2D eigenvalue weighted by Crippen LogP contribution is -2.13. The van der Waals surface area contributed by atoms with E-state index in [4.69, 9.17) is 32.7 Å². The zero-order valence-electron chi connectivity index (χ0n) is 19.1. The summed E-state index contributed by atoms with van der Waals surface area (Å²) in [4.78, 5) is 12.7. The number of anilines is 1. The fraction of sp³-hybridized carbons (Fsp3) is 0.185. The van der Waals surface area contributed by atoms with Gasteiger partial charge in [-0.05, 0) is 85.5 Å². The number of benzene rings is 3. The highest BCUT2D eigenvalue weighted by atomic mass is 35.5. The number of halogens is 2. The second-order valence-electron chi connectivity index (χ2n) is 7.60. The molecule has 0 spiro atoms. The van der Waals surface area contributed by atoms with Crippen molar-refractivity contribution in [1.29, 1.82) is 5.26 Å². The first-order valence-corrected chi connectivity index (χ1v) is 11.4. The molecule has 0 aliphatic rings.